The van der Waals surface area contributed by atoms with Crippen LogP contribution in [0.2, 0.25) is 10.0 Å². The minimum Gasteiger partial charge on any atom is -0.296 e. The van der Waals surface area contributed by atoms with Crippen LogP contribution >= 0.6 is 23.2 Å². The Morgan fingerprint density at radius 1 is 1.17 bits per heavy atom. The molecule has 0 aliphatic heterocycles. The maximum Gasteiger partial charge on any atom is 0.372 e. The van der Waals surface area contributed by atoms with Gasteiger partial charge in [0.2, 0.25) is 0 Å². The summed E-state index contributed by atoms with van der Waals surface area (Å²) >= 11 is 11.1. The van der Waals surface area contributed by atoms with E-state index < -0.39 is 21.6 Å². The summed E-state index contributed by atoms with van der Waals surface area (Å²) in [6.07, 6.45) is 1.02. The molecule has 2 aromatic carbocycles. The summed E-state index contributed by atoms with van der Waals surface area (Å²) in [6.45, 7) is 0. The van der Waals surface area contributed by atoms with Gasteiger partial charge in [-0.3, -0.25) is 4.89 Å². The average molecular weight is 381 g/mol. The largest absolute Gasteiger partial charge is 0.372 e. The number of rotatable bonds is 2. The zero-order valence-corrected chi connectivity index (χ0v) is 14.0. The van der Waals surface area contributed by atoms with E-state index in [1.807, 2.05) is 0 Å². The molecule has 0 saturated heterocycles. The smallest absolute Gasteiger partial charge is 0.296 e. The Morgan fingerprint density at radius 3 is 2.30 bits per heavy atom. The van der Waals surface area contributed by atoms with Crippen molar-refractivity contribution in [1.29, 1.82) is 0 Å². The van der Waals surface area contributed by atoms with Crippen LogP contribution in [0.3, 0.4) is 0 Å². The number of hydrogen-bond donors (Lipinski definition) is 1. The van der Waals surface area contributed by atoms with Crippen molar-refractivity contribution >= 4 is 39.0 Å². The molecule has 0 aliphatic carbocycles. The highest BCUT2D eigenvalue weighted by atomic mass is 35.5. The lowest BCUT2D eigenvalue weighted by Gasteiger charge is -1.99. The summed E-state index contributed by atoms with van der Waals surface area (Å²) < 4.78 is 34.4. The summed E-state index contributed by atoms with van der Waals surface area (Å²) in [6, 6.07) is 9.28. The lowest BCUT2D eigenvalue weighted by atomic mass is 10.2. The quantitative estimate of drug-likeness (QED) is 0.486. The fourth-order valence-corrected chi connectivity index (χ4v) is 2.95. The third-order valence-electron chi connectivity index (χ3n) is 2.44. The maximum atomic E-state index is 12.5. The molecule has 0 unspecified atom stereocenters. The van der Waals surface area contributed by atoms with E-state index in [1.54, 1.807) is 12.1 Å². The van der Waals surface area contributed by atoms with Crippen LogP contribution in [0.1, 0.15) is 10.4 Å². The fraction of sp³-hybridized carbons (Fsp3) is 0.0714. The molecular weight excluding hydrogens is 370 g/mol. The predicted molar refractivity (Wildman–Crippen MR) is 84.0 cm³/mol. The molecule has 0 radical (unpaired) electrons. The summed E-state index contributed by atoms with van der Waals surface area (Å²) in [4.78, 5) is 14.1. The van der Waals surface area contributed by atoms with Gasteiger partial charge in [0.1, 0.15) is 5.82 Å². The predicted octanol–water partition coefficient (Wildman–Crippen LogP) is 3.85. The molecule has 5 nitrogen and oxygen atoms in total. The van der Waals surface area contributed by atoms with Crippen LogP contribution in [0.5, 0.6) is 0 Å². The van der Waals surface area contributed by atoms with E-state index in [-0.39, 0.29) is 15.5 Å². The molecule has 0 fully saturated rings. The molecule has 0 aromatic heterocycles. The van der Waals surface area contributed by atoms with Crippen molar-refractivity contribution in [2.45, 2.75) is 4.90 Å². The summed E-state index contributed by atoms with van der Waals surface area (Å²) in [5.74, 6) is -1.36. The second kappa shape index (κ2) is 8.26. The van der Waals surface area contributed by atoms with Crippen LogP contribution in [0.25, 0.3) is 0 Å². The highest BCUT2D eigenvalue weighted by Gasteiger charge is 2.11. The van der Waals surface area contributed by atoms with Gasteiger partial charge in [0.25, 0.3) is 0 Å². The second-order valence-corrected chi connectivity index (χ2v) is 7.06. The Balaban J connectivity index is 0.000000231. The number of halogens is 3. The molecule has 1 N–H and O–H groups in total. The summed E-state index contributed by atoms with van der Waals surface area (Å²) in [7, 11) is -3.35. The Morgan fingerprint density at radius 2 is 1.83 bits per heavy atom. The van der Waals surface area contributed by atoms with E-state index in [2.05, 4.69) is 4.89 Å². The Bertz CT molecular complexity index is 809. The van der Waals surface area contributed by atoms with Crippen LogP contribution in [0.4, 0.5) is 4.39 Å². The summed E-state index contributed by atoms with van der Waals surface area (Å²) in [5.41, 5.74) is 0.222. The highest BCUT2D eigenvalue weighted by Crippen LogP contribution is 2.21. The van der Waals surface area contributed by atoms with Crippen molar-refractivity contribution in [3.63, 3.8) is 0 Å². The lowest BCUT2D eigenvalue weighted by Crippen LogP contribution is -2.00. The number of carbonyl (C=O) groups excluding carboxylic acids is 1. The zero-order valence-electron chi connectivity index (χ0n) is 11.7. The van der Waals surface area contributed by atoms with Gasteiger partial charge in [-0.15, -0.1) is 0 Å². The van der Waals surface area contributed by atoms with Gasteiger partial charge >= 0.3 is 5.97 Å². The minimum atomic E-state index is -3.35. The maximum absolute atomic E-state index is 12.5. The number of hydrogen-bond acceptors (Lipinski definition) is 5. The van der Waals surface area contributed by atoms with E-state index in [4.69, 9.17) is 28.5 Å². The van der Waals surface area contributed by atoms with Gasteiger partial charge < -0.3 is 0 Å². The Kier molecular flexibility index (Phi) is 6.96. The fourth-order valence-electron chi connectivity index (χ4n) is 1.44. The van der Waals surface area contributed by atoms with E-state index in [1.165, 1.54) is 12.1 Å². The molecule has 0 heterocycles. The molecule has 23 heavy (non-hydrogen) atoms. The first kappa shape index (κ1) is 19.4. The third kappa shape index (κ3) is 6.15. The van der Waals surface area contributed by atoms with Crippen LogP contribution in [0, 0.1) is 5.82 Å². The highest BCUT2D eigenvalue weighted by molar-refractivity contribution is 7.90. The molecule has 0 amide bonds. The Labute approximate surface area is 142 Å². The number of carbonyl (C=O) groups is 1. The second-order valence-electron chi connectivity index (χ2n) is 4.24. The molecule has 2 aromatic rings. The monoisotopic (exact) mass is 380 g/mol. The van der Waals surface area contributed by atoms with E-state index >= 15 is 0 Å². The van der Waals surface area contributed by atoms with Gasteiger partial charge in [-0.25, -0.2) is 17.6 Å². The van der Waals surface area contributed by atoms with Crippen molar-refractivity contribution < 1.29 is 27.7 Å². The van der Waals surface area contributed by atoms with Crippen molar-refractivity contribution in [3.8, 4) is 0 Å². The van der Waals surface area contributed by atoms with Crippen LogP contribution in [-0.4, -0.2) is 25.9 Å². The van der Waals surface area contributed by atoms with Gasteiger partial charge in [0, 0.05) is 11.3 Å². The average Bonchev–Trinajstić information content (AvgIpc) is 2.45. The first-order chi connectivity index (χ1) is 10.6. The van der Waals surface area contributed by atoms with Crippen LogP contribution in [-0.2, 0) is 14.7 Å². The summed E-state index contributed by atoms with van der Waals surface area (Å²) in [5, 5.41) is 8.32. The van der Waals surface area contributed by atoms with Crippen molar-refractivity contribution in [1.82, 2.24) is 0 Å². The molecule has 0 bridgehead atoms. The van der Waals surface area contributed by atoms with Gasteiger partial charge in [0.15, 0.2) is 9.84 Å². The third-order valence-corrected chi connectivity index (χ3v) is 4.25. The van der Waals surface area contributed by atoms with Crippen molar-refractivity contribution in [2.75, 3.05) is 6.26 Å². The number of benzene rings is 2. The van der Waals surface area contributed by atoms with Gasteiger partial charge in [-0.1, -0.05) is 29.3 Å². The van der Waals surface area contributed by atoms with Gasteiger partial charge in [0.05, 0.1) is 15.5 Å². The molecule has 9 heteroatoms. The minimum absolute atomic E-state index is 0.0504. The first-order valence-electron chi connectivity index (χ1n) is 5.91. The topological polar surface area (TPSA) is 80.7 Å². The molecule has 0 aliphatic rings. The Hall–Kier alpha value is -1.67. The molecule has 124 valence electrons. The lowest BCUT2D eigenvalue weighted by molar-refractivity contribution is -0.182. The van der Waals surface area contributed by atoms with Crippen LogP contribution < -0.4 is 0 Å². The molecule has 0 saturated carbocycles. The van der Waals surface area contributed by atoms with E-state index in [0.29, 0.717) is 5.02 Å². The molecule has 0 spiro atoms. The number of sulfone groups is 1. The van der Waals surface area contributed by atoms with Crippen molar-refractivity contribution in [3.05, 3.63) is 63.9 Å². The molecule has 2 rings (SSSR count). The normalized spacial score (nSPS) is 10.5. The zero-order chi connectivity index (χ0) is 17.6. The van der Waals surface area contributed by atoms with E-state index in [9.17, 15) is 17.6 Å². The first-order valence-corrected chi connectivity index (χ1v) is 8.56. The van der Waals surface area contributed by atoms with Crippen LogP contribution in [0.15, 0.2) is 47.4 Å². The van der Waals surface area contributed by atoms with Crippen molar-refractivity contribution in [2.24, 2.45) is 0 Å². The van der Waals surface area contributed by atoms with Gasteiger partial charge in [-0.2, -0.15) is 5.26 Å². The SMILES string of the molecule is CS(=O)(=O)c1ccc(F)cc1Cl.O=C(OO)c1cccc(Cl)c1. The van der Waals surface area contributed by atoms with E-state index in [0.717, 1.165) is 24.5 Å². The standard InChI is InChI=1S/C7H6ClFO2S.C7H5ClO3/c1-12(10,11)7-3-2-5(9)4-6(7)8;8-6-3-1-2-5(4-6)7(9)11-10/h2-4H,1H3;1-4,10H. The molecular formula is C14H11Cl2FO5S. The molecule has 0 atom stereocenters. The van der Waals surface area contributed by atoms with Gasteiger partial charge in [-0.05, 0) is 36.4 Å².